The summed E-state index contributed by atoms with van der Waals surface area (Å²) in [5, 5.41) is 22.3. The Bertz CT molecular complexity index is 363. The predicted molar refractivity (Wildman–Crippen MR) is 62.4 cm³/mol. The minimum absolute atomic E-state index is 0.134. The third-order valence-corrected chi connectivity index (χ3v) is 2.85. The van der Waals surface area contributed by atoms with Gasteiger partial charge in [-0.2, -0.15) is 5.10 Å². The van der Waals surface area contributed by atoms with Gasteiger partial charge in [-0.15, -0.1) is 5.10 Å². The zero-order valence-corrected chi connectivity index (χ0v) is 9.47. The Hall–Kier alpha value is -1.69. The number of aromatic nitrogens is 2. The molecule has 0 aromatic carbocycles. The highest BCUT2D eigenvalue weighted by molar-refractivity contribution is 5.88. The van der Waals surface area contributed by atoms with Crippen molar-refractivity contribution in [3.8, 4) is 0 Å². The summed E-state index contributed by atoms with van der Waals surface area (Å²) in [6, 6.07) is 3.25. The molecule has 3 N–H and O–H groups in total. The molecule has 0 atom stereocenters. The van der Waals surface area contributed by atoms with Crippen LogP contribution in [0.25, 0.3) is 0 Å². The number of anilines is 1. The van der Waals surface area contributed by atoms with Gasteiger partial charge in [0.05, 0.1) is 6.10 Å². The lowest BCUT2D eigenvalue weighted by atomic mass is 9.93. The Morgan fingerprint density at radius 3 is 2.76 bits per heavy atom. The third kappa shape index (κ3) is 3.67. The van der Waals surface area contributed by atoms with Crippen LogP contribution in [0.4, 0.5) is 10.6 Å². The van der Waals surface area contributed by atoms with Crippen molar-refractivity contribution >= 4 is 11.8 Å². The monoisotopic (exact) mass is 236 g/mol. The summed E-state index contributed by atoms with van der Waals surface area (Å²) in [5.74, 6) is 0.431. The van der Waals surface area contributed by atoms with Crippen molar-refractivity contribution in [1.29, 1.82) is 0 Å². The summed E-state index contributed by atoms with van der Waals surface area (Å²) in [4.78, 5) is 11.6. The molecule has 0 spiro atoms. The lowest BCUT2D eigenvalue weighted by Gasteiger charge is -2.26. The highest BCUT2D eigenvalue weighted by Crippen LogP contribution is 2.18. The molecule has 1 heterocycles. The highest BCUT2D eigenvalue weighted by atomic mass is 16.3. The first kappa shape index (κ1) is 11.8. The molecule has 1 saturated carbocycles. The van der Waals surface area contributed by atoms with Crippen LogP contribution < -0.4 is 10.6 Å². The molecule has 1 aliphatic rings. The van der Waals surface area contributed by atoms with Crippen molar-refractivity contribution in [2.24, 2.45) is 0 Å². The molecule has 2 rings (SSSR count). The van der Waals surface area contributed by atoms with Gasteiger partial charge < -0.3 is 10.4 Å². The number of urea groups is 1. The normalized spacial score (nSPS) is 24.1. The summed E-state index contributed by atoms with van der Waals surface area (Å²) >= 11 is 0. The second kappa shape index (κ2) is 5.58. The standard InChI is InChI=1S/C11H16N4O2/c16-9-5-3-8(4-6-9)13-11(17)14-10-2-1-7-12-15-10/h1-2,7-9,16H,3-6H2,(H2,13,14,15,17). The summed E-state index contributed by atoms with van der Waals surface area (Å²) in [7, 11) is 0. The first-order valence-electron chi connectivity index (χ1n) is 5.77. The Morgan fingerprint density at radius 1 is 1.35 bits per heavy atom. The topological polar surface area (TPSA) is 87.1 Å². The second-order valence-corrected chi connectivity index (χ2v) is 4.21. The highest BCUT2D eigenvalue weighted by Gasteiger charge is 2.20. The van der Waals surface area contributed by atoms with Crippen LogP contribution in [0.1, 0.15) is 25.7 Å². The molecule has 1 fully saturated rings. The Balaban J connectivity index is 1.78. The molecular weight excluding hydrogens is 220 g/mol. The Morgan fingerprint density at radius 2 is 2.12 bits per heavy atom. The van der Waals surface area contributed by atoms with Gasteiger partial charge in [0, 0.05) is 12.2 Å². The number of aliphatic hydroxyl groups is 1. The quantitative estimate of drug-likeness (QED) is 0.712. The van der Waals surface area contributed by atoms with Crippen molar-refractivity contribution in [3.05, 3.63) is 18.3 Å². The van der Waals surface area contributed by atoms with E-state index in [4.69, 9.17) is 0 Å². The fraction of sp³-hybridized carbons (Fsp3) is 0.545. The number of rotatable bonds is 2. The number of carbonyl (C=O) groups excluding carboxylic acids is 1. The molecule has 1 aromatic heterocycles. The predicted octanol–water partition coefficient (Wildman–Crippen LogP) is 0.902. The average molecular weight is 236 g/mol. The first-order valence-corrected chi connectivity index (χ1v) is 5.77. The molecular formula is C11H16N4O2. The molecule has 0 bridgehead atoms. The molecule has 6 nitrogen and oxygen atoms in total. The molecule has 0 aliphatic heterocycles. The maximum absolute atomic E-state index is 11.6. The number of nitrogens with zero attached hydrogens (tertiary/aromatic N) is 2. The summed E-state index contributed by atoms with van der Waals surface area (Å²) in [5.41, 5.74) is 0. The molecule has 1 aliphatic carbocycles. The van der Waals surface area contributed by atoms with E-state index in [9.17, 15) is 9.90 Å². The van der Waals surface area contributed by atoms with Gasteiger partial charge in [0.25, 0.3) is 0 Å². The van der Waals surface area contributed by atoms with Crippen molar-refractivity contribution < 1.29 is 9.90 Å². The van der Waals surface area contributed by atoms with Gasteiger partial charge in [0.2, 0.25) is 0 Å². The average Bonchev–Trinajstić information content (AvgIpc) is 2.33. The van der Waals surface area contributed by atoms with E-state index in [1.165, 1.54) is 0 Å². The van der Waals surface area contributed by atoms with E-state index in [-0.39, 0.29) is 18.2 Å². The van der Waals surface area contributed by atoms with Crippen LogP contribution >= 0.6 is 0 Å². The molecule has 2 amide bonds. The van der Waals surface area contributed by atoms with Crippen molar-refractivity contribution in [2.75, 3.05) is 5.32 Å². The first-order chi connectivity index (χ1) is 8.24. The van der Waals surface area contributed by atoms with Gasteiger partial charge in [-0.25, -0.2) is 4.79 Å². The fourth-order valence-electron chi connectivity index (χ4n) is 1.93. The molecule has 0 unspecified atom stereocenters. The smallest absolute Gasteiger partial charge is 0.320 e. The van der Waals surface area contributed by atoms with Gasteiger partial charge in [0.1, 0.15) is 0 Å². The minimum Gasteiger partial charge on any atom is -0.393 e. The number of amides is 2. The summed E-state index contributed by atoms with van der Waals surface area (Å²) in [6.45, 7) is 0. The molecule has 17 heavy (non-hydrogen) atoms. The van der Waals surface area contributed by atoms with E-state index in [1.54, 1.807) is 18.3 Å². The van der Waals surface area contributed by atoms with Crippen molar-refractivity contribution in [1.82, 2.24) is 15.5 Å². The maximum Gasteiger partial charge on any atom is 0.320 e. The van der Waals surface area contributed by atoms with Crippen LogP contribution in [0.3, 0.4) is 0 Å². The van der Waals surface area contributed by atoms with Gasteiger partial charge in [-0.1, -0.05) is 0 Å². The zero-order chi connectivity index (χ0) is 12.1. The lowest BCUT2D eigenvalue weighted by molar-refractivity contribution is 0.118. The lowest BCUT2D eigenvalue weighted by Crippen LogP contribution is -2.41. The van der Waals surface area contributed by atoms with Crippen LogP contribution in [0.2, 0.25) is 0 Å². The molecule has 6 heteroatoms. The van der Waals surface area contributed by atoms with E-state index in [0.29, 0.717) is 5.82 Å². The van der Waals surface area contributed by atoms with Crippen molar-refractivity contribution in [3.63, 3.8) is 0 Å². The largest absolute Gasteiger partial charge is 0.393 e. The van der Waals surface area contributed by atoms with Gasteiger partial charge >= 0.3 is 6.03 Å². The molecule has 1 aromatic rings. The number of carbonyl (C=O) groups is 1. The molecule has 92 valence electrons. The number of aliphatic hydroxyl groups excluding tert-OH is 1. The van der Waals surface area contributed by atoms with Crippen LogP contribution in [-0.4, -0.2) is 33.5 Å². The van der Waals surface area contributed by atoms with E-state index in [2.05, 4.69) is 20.8 Å². The van der Waals surface area contributed by atoms with Crippen LogP contribution in [0.15, 0.2) is 18.3 Å². The number of hydrogen-bond donors (Lipinski definition) is 3. The number of nitrogens with one attached hydrogen (secondary N) is 2. The zero-order valence-electron chi connectivity index (χ0n) is 9.47. The van der Waals surface area contributed by atoms with Crippen LogP contribution in [-0.2, 0) is 0 Å². The molecule has 0 saturated heterocycles. The van der Waals surface area contributed by atoms with Crippen LogP contribution in [0, 0.1) is 0 Å². The minimum atomic E-state index is -0.271. The van der Waals surface area contributed by atoms with E-state index in [1.807, 2.05) is 0 Å². The van der Waals surface area contributed by atoms with Gasteiger partial charge in [-0.3, -0.25) is 5.32 Å². The number of hydrogen-bond acceptors (Lipinski definition) is 4. The molecule has 0 radical (unpaired) electrons. The van der Waals surface area contributed by atoms with Crippen LogP contribution in [0.5, 0.6) is 0 Å². The maximum atomic E-state index is 11.6. The van der Waals surface area contributed by atoms with E-state index >= 15 is 0 Å². The van der Waals surface area contributed by atoms with E-state index < -0.39 is 0 Å². The Kier molecular flexibility index (Phi) is 3.87. The Labute approximate surface area is 99.4 Å². The SMILES string of the molecule is O=C(Nc1cccnn1)NC1CCC(O)CC1. The van der Waals surface area contributed by atoms with Gasteiger partial charge in [0.15, 0.2) is 5.82 Å². The van der Waals surface area contributed by atoms with Gasteiger partial charge in [-0.05, 0) is 37.8 Å². The van der Waals surface area contributed by atoms with E-state index in [0.717, 1.165) is 25.7 Å². The third-order valence-electron chi connectivity index (χ3n) is 2.85. The summed E-state index contributed by atoms with van der Waals surface area (Å²) < 4.78 is 0. The second-order valence-electron chi connectivity index (χ2n) is 4.21. The summed E-state index contributed by atoms with van der Waals surface area (Å²) in [6.07, 6.45) is 4.46. The van der Waals surface area contributed by atoms with Crippen molar-refractivity contribution in [2.45, 2.75) is 37.8 Å². The fourth-order valence-corrected chi connectivity index (χ4v) is 1.93.